The molecule has 56 valence electrons. The Bertz CT molecular complexity index is 51.7. The van der Waals surface area contributed by atoms with E-state index in [0.29, 0.717) is 0 Å². The SMILES string of the molecule is [CH3][In]([CH3])[Cl].[Cl][Sn]([Cl])([Cl])[Cl]. The third-order valence-corrected chi connectivity index (χ3v) is 0. The van der Waals surface area contributed by atoms with Crippen LogP contribution >= 0.6 is 44.3 Å². The fraction of sp³-hybridized carbons (Fsp3) is 1.00. The van der Waals surface area contributed by atoms with Crippen LogP contribution in [0.5, 0.6) is 0 Å². The molecule has 0 saturated heterocycles. The van der Waals surface area contributed by atoms with E-state index in [1.54, 1.807) is 0 Å². The zero-order valence-electron chi connectivity index (χ0n) is 4.97. The van der Waals surface area contributed by atoms with Gasteiger partial charge < -0.3 is 0 Å². The second-order valence-corrected chi connectivity index (χ2v) is 38.5. The van der Waals surface area contributed by atoms with Gasteiger partial charge in [0.2, 0.25) is 0 Å². The van der Waals surface area contributed by atoms with Gasteiger partial charge in [-0.2, -0.15) is 0 Å². The van der Waals surface area contributed by atoms with E-state index >= 15 is 0 Å². The van der Waals surface area contributed by atoms with Crippen LogP contribution in [-0.2, 0) is 0 Å². The van der Waals surface area contributed by atoms with Crippen molar-refractivity contribution >= 4 is 78.4 Å². The van der Waals surface area contributed by atoms with Gasteiger partial charge >= 0.3 is 87.7 Å². The normalized spacial score (nSPS) is 9.67. The molecule has 0 heterocycles. The molecule has 0 amide bonds. The van der Waals surface area contributed by atoms with E-state index in [2.05, 4.69) is 9.36 Å². The van der Waals surface area contributed by atoms with Crippen molar-refractivity contribution in [3.8, 4) is 0 Å². The Labute approximate surface area is 86.0 Å². The van der Waals surface area contributed by atoms with Gasteiger partial charge in [0.1, 0.15) is 0 Å². The summed E-state index contributed by atoms with van der Waals surface area (Å²) < 4.78 is 4.28. The zero-order chi connectivity index (χ0) is 8.08. The summed E-state index contributed by atoms with van der Waals surface area (Å²) in [6.07, 6.45) is 0. The standard InChI is InChI=1S/2CH3.5ClH.In.Sn/h2*1H3;5*1H;;/q;;;;;;;+1;+4/p-5. The Morgan fingerprint density at radius 2 is 1.00 bits per heavy atom. The van der Waals surface area contributed by atoms with E-state index in [4.69, 9.17) is 44.3 Å². The molecule has 7 heteroatoms. The van der Waals surface area contributed by atoms with E-state index in [-0.39, 0.29) is 0 Å². The summed E-state index contributed by atoms with van der Waals surface area (Å²) in [6.45, 7) is 0. The van der Waals surface area contributed by atoms with E-state index in [1.165, 1.54) is 0 Å². The van der Waals surface area contributed by atoms with Crippen LogP contribution in [0, 0.1) is 0 Å². The number of hydrogen-bond donors (Lipinski definition) is 0. The van der Waals surface area contributed by atoms with Gasteiger partial charge in [0.25, 0.3) is 0 Å². The van der Waals surface area contributed by atoms with E-state index < -0.39 is 34.1 Å². The van der Waals surface area contributed by atoms with Gasteiger partial charge in [-0.25, -0.2) is 0 Å². The maximum absolute atomic E-state index is 5.48. The van der Waals surface area contributed by atoms with Crippen molar-refractivity contribution in [3.63, 3.8) is 0 Å². The van der Waals surface area contributed by atoms with Gasteiger partial charge in [-0.1, -0.05) is 0 Å². The second kappa shape index (κ2) is 7.75. The average Bonchev–Trinajstić information content (AvgIpc) is 1.19. The molecule has 0 unspecified atom stereocenters. The third kappa shape index (κ3) is 95.1. The summed E-state index contributed by atoms with van der Waals surface area (Å²) in [5.74, 6) is 0. The molecule has 0 N–H and O–H groups in total. The van der Waals surface area contributed by atoms with Gasteiger partial charge in [-0.15, -0.1) is 0 Å². The fourth-order valence-electron chi connectivity index (χ4n) is 0. The molecule has 0 bridgehead atoms. The van der Waals surface area contributed by atoms with Crippen molar-refractivity contribution in [2.45, 2.75) is 9.36 Å². The molecule has 0 aromatic rings. The maximum atomic E-state index is 5.48. The molecule has 0 atom stereocenters. The van der Waals surface area contributed by atoms with Crippen LogP contribution in [0.3, 0.4) is 0 Å². The summed E-state index contributed by atoms with van der Waals surface area (Å²) >= 11 is -4.46. The predicted octanol–water partition coefficient (Wildman–Crippen LogP) is 3.85. The van der Waals surface area contributed by atoms with Crippen molar-refractivity contribution in [2.24, 2.45) is 0 Å². The van der Waals surface area contributed by atoms with Crippen LogP contribution in [-0.4, -0.2) is 34.1 Å². The molecule has 0 aliphatic heterocycles. The second-order valence-electron chi connectivity index (χ2n) is 1.44. The monoisotopic (exact) mass is 440 g/mol. The summed E-state index contributed by atoms with van der Waals surface area (Å²) in [5, 5.41) is 0. The van der Waals surface area contributed by atoms with E-state index in [9.17, 15) is 0 Å². The molecule has 0 nitrogen and oxygen atoms in total. The number of halogens is 5. The molecule has 9 heavy (non-hydrogen) atoms. The number of rotatable bonds is 0. The first-order valence-electron chi connectivity index (χ1n) is 2.13. The molecule has 0 fully saturated rings. The summed E-state index contributed by atoms with van der Waals surface area (Å²) in [4.78, 5) is 0. The summed E-state index contributed by atoms with van der Waals surface area (Å²) in [6, 6.07) is 0. The van der Waals surface area contributed by atoms with Crippen molar-refractivity contribution in [1.29, 1.82) is 0 Å². The topological polar surface area (TPSA) is 0 Å². The minimum atomic E-state index is -3.29. The molecule has 0 aliphatic rings. The molecular weight excluding hydrogens is 435 g/mol. The Hall–Kier alpha value is 3.12. The molecule has 0 radical (unpaired) electrons. The molecule has 0 aromatic heterocycles. The van der Waals surface area contributed by atoms with Gasteiger partial charge in [-0.3, -0.25) is 0 Å². The Morgan fingerprint density at radius 3 is 1.00 bits per heavy atom. The first kappa shape index (κ1) is 14.6. The summed E-state index contributed by atoms with van der Waals surface area (Å²) in [7, 11) is 25.6. The summed E-state index contributed by atoms with van der Waals surface area (Å²) in [5.41, 5.74) is 0. The van der Waals surface area contributed by atoms with Crippen molar-refractivity contribution in [3.05, 3.63) is 0 Å². The Morgan fingerprint density at radius 1 is 1.00 bits per heavy atom. The Kier molecular flexibility index (Phi) is 12.6. The molecule has 0 spiro atoms. The van der Waals surface area contributed by atoms with Crippen molar-refractivity contribution in [2.75, 3.05) is 0 Å². The number of hydrogen-bond acceptors (Lipinski definition) is 0. The van der Waals surface area contributed by atoms with Gasteiger partial charge in [-0.05, 0) is 0 Å². The fourth-order valence-corrected chi connectivity index (χ4v) is 0. The van der Waals surface area contributed by atoms with E-state index in [0.717, 1.165) is 0 Å². The van der Waals surface area contributed by atoms with E-state index in [1.807, 2.05) is 0 Å². The molecule has 0 saturated carbocycles. The van der Waals surface area contributed by atoms with Crippen LogP contribution in [0.2, 0.25) is 9.36 Å². The predicted molar refractivity (Wildman–Crippen MR) is 52.5 cm³/mol. The zero-order valence-corrected chi connectivity index (χ0v) is 14.9. The Balaban J connectivity index is 0. The van der Waals surface area contributed by atoms with Crippen LogP contribution in [0.1, 0.15) is 0 Å². The van der Waals surface area contributed by atoms with Gasteiger partial charge in [0, 0.05) is 0 Å². The van der Waals surface area contributed by atoms with Crippen molar-refractivity contribution < 1.29 is 0 Å². The average molecular weight is 441 g/mol. The third-order valence-electron chi connectivity index (χ3n) is 0. The molecule has 0 aliphatic carbocycles. The van der Waals surface area contributed by atoms with Crippen molar-refractivity contribution in [1.82, 2.24) is 0 Å². The van der Waals surface area contributed by atoms with Crippen LogP contribution in [0.25, 0.3) is 0 Å². The van der Waals surface area contributed by atoms with Gasteiger partial charge in [0.15, 0.2) is 0 Å². The first-order chi connectivity index (χ1) is 3.73. The molecule has 0 aromatic carbocycles. The van der Waals surface area contributed by atoms with Crippen LogP contribution < -0.4 is 0 Å². The molecule has 0 rings (SSSR count). The molecular formula is C2H6Cl5InSn. The van der Waals surface area contributed by atoms with Crippen LogP contribution in [0.15, 0.2) is 0 Å². The first-order valence-corrected chi connectivity index (χ1v) is 27.4. The van der Waals surface area contributed by atoms with Gasteiger partial charge in [0.05, 0.1) is 0 Å². The van der Waals surface area contributed by atoms with Crippen LogP contribution in [0.4, 0.5) is 0 Å². The quantitative estimate of drug-likeness (QED) is 0.502. The minimum absolute atomic E-state index is 1.16.